The predicted molar refractivity (Wildman–Crippen MR) is 180 cm³/mol. The van der Waals surface area contributed by atoms with E-state index in [1.165, 1.54) is 33.0 Å². The highest BCUT2D eigenvalue weighted by atomic mass is 16.5. The molecule has 0 aliphatic rings. The van der Waals surface area contributed by atoms with E-state index in [1.54, 1.807) is 0 Å². The Labute approximate surface area is 258 Å². The SMILES string of the molecule is CCc1cccc(CC)c1-c1cnn(-c2cccc(Oc3ccc4c5ccccc5n(-c5cc(C(C)C)ccn5)c4c3)c2)c1. The van der Waals surface area contributed by atoms with E-state index in [0.717, 1.165) is 52.4 Å². The van der Waals surface area contributed by atoms with Crippen molar-refractivity contribution in [2.24, 2.45) is 0 Å². The van der Waals surface area contributed by atoms with Gasteiger partial charge < -0.3 is 4.74 Å². The molecule has 0 atom stereocenters. The fourth-order valence-electron chi connectivity index (χ4n) is 6.21. The van der Waals surface area contributed by atoms with Gasteiger partial charge in [-0.2, -0.15) is 5.10 Å². The lowest BCUT2D eigenvalue weighted by Gasteiger charge is -2.12. The van der Waals surface area contributed by atoms with Crippen molar-refractivity contribution in [2.45, 2.75) is 46.5 Å². The van der Waals surface area contributed by atoms with Crippen LogP contribution in [-0.4, -0.2) is 19.3 Å². The van der Waals surface area contributed by atoms with Crippen LogP contribution in [-0.2, 0) is 12.8 Å². The Morgan fingerprint density at radius 1 is 0.727 bits per heavy atom. The monoisotopic (exact) mass is 576 g/mol. The molecular formula is C39H36N4O. The van der Waals surface area contributed by atoms with Crippen molar-refractivity contribution < 1.29 is 4.74 Å². The number of aromatic nitrogens is 4. The fourth-order valence-corrected chi connectivity index (χ4v) is 6.21. The molecular weight excluding hydrogens is 540 g/mol. The molecule has 7 rings (SSSR count). The zero-order chi connectivity index (χ0) is 30.2. The highest BCUT2D eigenvalue weighted by Gasteiger charge is 2.16. The molecule has 0 aliphatic heterocycles. The number of para-hydroxylation sites is 1. The first-order valence-electron chi connectivity index (χ1n) is 15.5. The van der Waals surface area contributed by atoms with E-state index in [9.17, 15) is 0 Å². The van der Waals surface area contributed by atoms with Crippen LogP contribution in [0.25, 0.3) is 44.4 Å². The minimum Gasteiger partial charge on any atom is -0.457 e. The van der Waals surface area contributed by atoms with Crippen molar-refractivity contribution in [3.63, 3.8) is 0 Å². The third-order valence-corrected chi connectivity index (χ3v) is 8.50. The summed E-state index contributed by atoms with van der Waals surface area (Å²) in [5, 5.41) is 7.10. The highest BCUT2D eigenvalue weighted by molar-refractivity contribution is 6.09. The maximum Gasteiger partial charge on any atom is 0.137 e. The smallest absolute Gasteiger partial charge is 0.137 e. The number of pyridine rings is 1. The van der Waals surface area contributed by atoms with Crippen LogP contribution in [0.15, 0.2) is 116 Å². The van der Waals surface area contributed by atoms with Crippen LogP contribution >= 0.6 is 0 Å². The van der Waals surface area contributed by atoms with Gasteiger partial charge in [0.25, 0.3) is 0 Å². The van der Waals surface area contributed by atoms with Crippen LogP contribution in [0.3, 0.4) is 0 Å². The summed E-state index contributed by atoms with van der Waals surface area (Å²) in [6, 6.07) is 33.8. The minimum atomic E-state index is 0.414. The first kappa shape index (κ1) is 27.7. The zero-order valence-electron chi connectivity index (χ0n) is 25.7. The van der Waals surface area contributed by atoms with Gasteiger partial charge in [-0.15, -0.1) is 0 Å². The third-order valence-electron chi connectivity index (χ3n) is 8.50. The molecule has 5 heteroatoms. The molecule has 0 N–H and O–H groups in total. The van der Waals surface area contributed by atoms with E-state index >= 15 is 0 Å². The average molecular weight is 577 g/mol. The molecule has 0 radical (unpaired) electrons. The Balaban J connectivity index is 1.25. The number of aryl methyl sites for hydroxylation is 2. The summed E-state index contributed by atoms with van der Waals surface area (Å²) in [6.45, 7) is 8.84. The summed E-state index contributed by atoms with van der Waals surface area (Å²) in [5.74, 6) is 2.85. The predicted octanol–water partition coefficient (Wildman–Crippen LogP) is 10.1. The van der Waals surface area contributed by atoms with E-state index in [1.807, 2.05) is 41.3 Å². The van der Waals surface area contributed by atoms with E-state index in [2.05, 4.69) is 111 Å². The van der Waals surface area contributed by atoms with Crippen LogP contribution in [0.2, 0.25) is 0 Å². The molecule has 0 spiro atoms. The second-order valence-electron chi connectivity index (χ2n) is 11.6. The Hall–Kier alpha value is -5.16. The molecule has 218 valence electrons. The van der Waals surface area contributed by atoms with Gasteiger partial charge >= 0.3 is 0 Å². The number of ether oxygens (including phenoxy) is 1. The summed E-state index contributed by atoms with van der Waals surface area (Å²) in [5.41, 5.74) is 9.53. The van der Waals surface area contributed by atoms with Gasteiger partial charge in [-0.1, -0.05) is 70.2 Å². The first-order chi connectivity index (χ1) is 21.5. The summed E-state index contributed by atoms with van der Waals surface area (Å²) >= 11 is 0. The maximum atomic E-state index is 6.49. The van der Waals surface area contributed by atoms with Crippen LogP contribution in [0.1, 0.15) is 50.3 Å². The molecule has 5 nitrogen and oxygen atoms in total. The van der Waals surface area contributed by atoms with Gasteiger partial charge in [0.1, 0.15) is 17.3 Å². The maximum absolute atomic E-state index is 6.49. The van der Waals surface area contributed by atoms with Crippen LogP contribution in [0, 0.1) is 0 Å². The van der Waals surface area contributed by atoms with Crippen molar-refractivity contribution in [2.75, 3.05) is 0 Å². The molecule has 3 aromatic heterocycles. The van der Waals surface area contributed by atoms with Crippen LogP contribution in [0.4, 0.5) is 0 Å². The van der Waals surface area contributed by atoms with Crippen molar-refractivity contribution >= 4 is 21.8 Å². The number of hydrogen-bond acceptors (Lipinski definition) is 3. The number of benzene rings is 4. The molecule has 0 saturated carbocycles. The van der Waals surface area contributed by atoms with Gasteiger partial charge in [0, 0.05) is 40.9 Å². The molecule has 4 aromatic carbocycles. The van der Waals surface area contributed by atoms with Crippen molar-refractivity contribution in [3.05, 3.63) is 132 Å². The van der Waals surface area contributed by atoms with E-state index < -0.39 is 0 Å². The third kappa shape index (κ3) is 4.94. The Morgan fingerprint density at radius 3 is 2.27 bits per heavy atom. The zero-order valence-corrected chi connectivity index (χ0v) is 25.7. The number of hydrogen-bond donors (Lipinski definition) is 0. The van der Waals surface area contributed by atoms with Crippen molar-refractivity contribution in [3.8, 4) is 34.1 Å². The quantitative estimate of drug-likeness (QED) is 0.181. The van der Waals surface area contributed by atoms with Gasteiger partial charge in [0.2, 0.25) is 0 Å². The van der Waals surface area contributed by atoms with Gasteiger partial charge in [-0.05, 0) is 83.5 Å². The minimum absolute atomic E-state index is 0.414. The standard InChI is InChI=1S/C39H36N4O/c1-5-27-11-9-12-28(6-2)39(27)30-24-41-42(25-30)31-13-10-14-32(22-31)44-33-17-18-35-34-15-7-8-16-36(34)43(37(35)23-33)38-21-29(26(3)4)19-20-40-38/h7-26H,5-6H2,1-4H3. The van der Waals surface area contributed by atoms with Crippen molar-refractivity contribution in [1.82, 2.24) is 19.3 Å². The highest BCUT2D eigenvalue weighted by Crippen LogP contribution is 2.36. The normalized spacial score (nSPS) is 11.6. The second kappa shape index (κ2) is 11.5. The molecule has 0 bridgehead atoms. The second-order valence-corrected chi connectivity index (χ2v) is 11.6. The molecule has 7 aromatic rings. The molecule has 3 heterocycles. The summed E-state index contributed by atoms with van der Waals surface area (Å²) in [6.07, 6.45) is 7.97. The Kier molecular flexibility index (Phi) is 7.23. The van der Waals surface area contributed by atoms with Gasteiger partial charge in [0.05, 0.1) is 22.9 Å². The lowest BCUT2D eigenvalue weighted by atomic mass is 9.94. The van der Waals surface area contributed by atoms with E-state index in [0.29, 0.717) is 5.92 Å². The van der Waals surface area contributed by atoms with Gasteiger partial charge in [0.15, 0.2) is 0 Å². The molecule has 0 saturated heterocycles. The molecule has 0 aliphatic carbocycles. The number of fused-ring (bicyclic) bond motifs is 3. The van der Waals surface area contributed by atoms with Gasteiger partial charge in [-0.3, -0.25) is 4.57 Å². The molecule has 0 unspecified atom stereocenters. The van der Waals surface area contributed by atoms with E-state index in [-0.39, 0.29) is 0 Å². The van der Waals surface area contributed by atoms with Crippen LogP contribution < -0.4 is 4.74 Å². The van der Waals surface area contributed by atoms with Gasteiger partial charge in [-0.25, -0.2) is 9.67 Å². The molecule has 0 fully saturated rings. The van der Waals surface area contributed by atoms with Crippen molar-refractivity contribution in [1.29, 1.82) is 0 Å². The number of rotatable bonds is 8. The lowest BCUT2D eigenvalue weighted by Crippen LogP contribution is -1.99. The molecule has 0 amide bonds. The largest absolute Gasteiger partial charge is 0.457 e. The summed E-state index contributed by atoms with van der Waals surface area (Å²) < 4.78 is 10.7. The average Bonchev–Trinajstić information content (AvgIpc) is 3.67. The first-order valence-corrected chi connectivity index (χ1v) is 15.5. The summed E-state index contributed by atoms with van der Waals surface area (Å²) in [4.78, 5) is 4.78. The van der Waals surface area contributed by atoms with E-state index in [4.69, 9.17) is 14.8 Å². The Bertz CT molecular complexity index is 2090. The topological polar surface area (TPSA) is 44.9 Å². The molecule has 44 heavy (non-hydrogen) atoms. The Morgan fingerprint density at radius 2 is 1.48 bits per heavy atom. The fraction of sp³-hybridized carbons (Fsp3) is 0.179. The number of nitrogens with zero attached hydrogens (tertiary/aromatic N) is 4. The lowest BCUT2D eigenvalue weighted by molar-refractivity contribution is 0.483. The van der Waals surface area contributed by atoms with Crippen LogP contribution in [0.5, 0.6) is 11.5 Å². The summed E-state index contributed by atoms with van der Waals surface area (Å²) in [7, 11) is 0.